The van der Waals surface area contributed by atoms with Crippen molar-refractivity contribution in [3.05, 3.63) is 58.7 Å². The molecule has 1 N–H and O–H groups in total. The predicted octanol–water partition coefficient (Wildman–Crippen LogP) is 3.94. The first-order chi connectivity index (χ1) is 9.99. The van der Waals surface area contributed by atoms with Crippen LogP contribution in [0.5, 0.6) is 5.75 Å². The van der Waals surface area contributed by atoms with Crippen molar-refractivity contribution in [1.82, 2.24) is 0 Å². The summed E-state index contributed by atoms with van der Waals surface area (Å²) < 4.78 is 5.67. The largest absolute Gasteiger partial charge is 0.483 e. The SMILES string of the molecule is Cc1cccc(C)c1NC(=O)COc1c(C)cccc1C. The first-order valence-electron chi connectivity index (χ1n) is 7.04. The summed E-state index contributed by atoms with van der Waals surface area (Å²) in [6.45, 7) is 7.93. The normalized spacial score (nSPS) is 10.3. The average molecular weight is 283 g/mol. The Morgan fingerprint density at radius 3 is 1.90 bits per heavy atom. The molecule has 0 aliphatic heterocycles. The smallest absolute Gasteiger partial charge is 0.262 e. The van der Waals surface area contributed by atoms with Crippen LogP contribution in [-0.4, -0.2) is 12.5 Å². The Hall–Kier alpha value is -2.29. The fourth-order valence-electron chi connectivity index (χ4n) is 2.35. The zero-order valence-electron chi connectivity index (χ0n) is 13.0. The minimum absolute atomic E-state index is 0.0134. The number of para-hydroxylation sites is 2. The minimum atomic E-state index is -0.143. The molecule has 0 fully saturated rings. The highest BCUT2D eigenvalue weighted by atomic mass is 16.5. The maximum Gasteiger partial charge on any atom is 0.262 e. The number of hydrogen-bond donors (Lipinski definition) is 1. The van der Waals surface area contributed by atoms with Gasteiger partial charge in [-0.3, -0.25) is 4.79 Å². The fraction of sp³-hybridized carbons (Fsp3) is 0.278. The minimum Gasteiger partial charge on any atom is -0.483 e. The molecule has 0 radical (unpaired) electrons. The molecule has 2 rings (SSSR count). The van der Waals surface area contributed by atoms with Gasteiger partial charge in [-0.15, -0.1) is 0 Å². The molecule has 0 saturated carbocycles. The van der Waals surface area contributed by atoms with Gasteiger partial charge < -0.3 is 10.1 Å². The van der Waals surface area contributed by atoms with Crippen LogP contribution in [0.1, 0.15) is 22.3 Å². The molecular weight excluding hydrogens is 262 g/mol. The maximum absolute atomic E-state index is 12.1. The maximum atomic E-state index is 12.1. The van der Waals surface area contributed by atoms with Crippen molar-refractivity contribution < 1.29 is 9.53 Å². The lowest BCUT2D eigenvalue weighted by molar-refractivity contribution is -0.118. The summed E-state index contributed by atoms with van der Waals surface area (Å²) in [5.41, 5.74) is 5.04. The van der Waals surface area contributed by atoms with Crippen molar-refractivity contribution in [3.63, 3.8) is 0 Å². The van der Waals surface area contributed by atoms with Gasteiger partial charge in [0, 0.05) is 5.69 Å². The summed E-state index contributed by atoms with van der Waals surface area (Å²) in [6.07, 6.45) is 0. The molecule has 0 aliphatic carbocycles. The van der Waals surface area contributed by atoms with E-state index in [-0.39, 0.29) is 12.5 Å². The average Bonchev–Trinajstić information content (AvgIpc) is 2.42. The Morgan fingerprint density at radius 1 is 0.905 bits per heavy atom. The predicted molar refractivity (Wildman–Crippen MR) is 86.0 cm³/mol. The number of carbonyl (C=O) groups is 1. The first-order valence-corrected chi connectivity index (χ1v) is 7.04. The summed E-state index contributed by atoms with van der Waals surface area (Å²) in [5, 5.41) is 2.92. The van der Waals surface area contributed by atoms with Gasteiger partial charge in [-0.2, -0.15) is 0 Å². The number of rotatable bonds is 4. The third kappa shape index (κ3) is 3.63. The van der Waals surface area contributed by atoms with Crippen molar-refractivity contribution in [2.24, 2.45) is 0 Å². The van der Waals surface area contributed by atoms with Crippen LogP contribution >= 0.6 is 0 Å². The lowest BCUT2D eigenvalue weighted by atomic mass is 10.1. The van der Waals surface area contributed by atoms with E-state index >= 15 is 0 Å². The van der Waals surface area contributed by atoms with Gasteiger partial charge in [0.05, 0.1) is 0 Å². The van der Waals surface area contributed by atoms with Gasteiger partial charge in [0.1, 0.15) is 5.75 Å². The second-order valence-corrected chi connectivity index (χ2v) is 5.32. The van der Waals surface area contributed by atoms with Gasteiger partial charge in [-0.25, -0.2) is 0 Å². The van der Waals surface area contributed by atoms with Crippen LogP contribution in [0.4, 0.5) is 5.69 Å². The zero-order valence-corrected chi connectivity index (χ0v) is 13.0. The third-order valence-corrected chi connectivity index (χ3v) is 3.50. The van der Waals surface area contributed by atoms with Gasteiger partial charge in [0.15, 0.2) is 6.61 Å². The van der Waals surface area contributed by atoms with E-state index < -0.39 is 0 Å². The lowest BCUT2D eigenvalue weighted by Crippen LogP contribution is -2.21. The van der Waals surface area contributed by atoms with Crippen LogP contribution in [-0.2, 0) is 4.79 Å². The molecule has 0 saturated heterocycles. The van der Waals surface area contributed by atoms with Crippen LogP contribution in [0.2, 0.25) is 0 Å². The van der Waals surface area contributed by atoms with E-state index in [1.165, 1.54) is 0 Å². The van der Waals surface area contributed by atoms with Crippen LogP contribution in [0, 0.1) is 27.7 Å². The standard InChI is InChI=1S/C18H21NO2/c1-12-7-5-8-13(2)17(12)19-16(20)11-21-18-14(3)9-6-10-15(18)4/h5-10H,11H2,1-4H3,(H,19,20). The summed E-state index contributed by atoms with van der Waals surface area (Å²) in [5.74, 6) is 0.643. The molecule has 3 nitrogen and oxygen atoms in total. The van der Waals surface area contributed by atoms with Gasteiger partial charge in [0.2, 0.25) is 0 Å². The van der Waals surface area contributed by atoms with Gasteiger partial charge in [-0.05, 0) is 49.9 Å². The van der Waals surface area contributed by atoms with Crippen molar-refractivity contribution in [3.8, 4) is 5.75 Å². The number of carbonyl (C=O) groups excluding carboxylic acids is 1. The van der Waals surface area contributed by atoms with E-state index in [0.29, 0.717) is 0 Å². The Balaban J connectivity index is 2.03. The van der Waals surface area contributed by atoms with Crippen molar-refractivity contribution >= 4 is 11.6 Å². The van der Waals surface area contributed by atoms with E-state index in [4.69, 9.17) is 4.74 Å². The molecule has 0 bridgehead atoms. The van der Waals surface area contributed by atoms with E-state index in [0.717, 1.165) is 33.7 Å². The summed E-state index contributed by atoms with van der Waals surface area (Å²) in [4.78, 5) is 12.1. The Morgan fingerprint density at radius 2 is 1.38 bits per heavy atom. The Bertz CT molecular complexity index is 622. The number of anilines is 1. The summed E-state index contributed by atoms with van der Waals surface area (Å²) in [7, 11) is 0. The summed E-state index contributed by atoms with van der Waals surface area (Å²) in [6, 6.07) is 11.9. The van der Waals surface area contributed by atoms with E-state index in [1.807, 2.05) is 64.1 Å². The van der Waals surface area contributed by atoms with Gasteiger partial charge in [-0.1, -0.05) is 36.4 Å². The van der Waals surface area contributed by atoms with E-state index in [2.05, 4.69) is 5.32 Å². The van der Waals surface area contributed by atoms with Crippen LogP contribution in [0.15, 0.2) is 36.4 Å². The van der Waals surface area contributed by atoms with Crippen LogP contribution < -0.4 is 10.1 Å². The highest BCUT2D eigenvalue weighted by molar-refractivity contribution is 5.93. The highest BCUT2D eigenvalue weighted by Gasteiger charge is 2.10. The molecule has 0 atom stereocenters. The molecular formula is C18H21NO2. The van der Waals surface area contributed by atoms with Gasteiger partial charge >= 0.3 is 0 Å². The van der Waals surface area contributed by atoms with Crippen molar-refractivity contribution in [1.29, 1.82) is 0 Å². The quantitative estimate of drug-likeness (QED) is 0.923. The molecule has 21 heavy (non-hydrogen) atoms. The van der Waals surface area contributed by atoms with E-state index in [9.17, 15) is 4.79 Å². The second kappa shape index (κ2) is 6.44. The molecule has 110 valence electrons. The van der Waals surface area contributed by atoms with Gasteiger partial charge in [0.25, 0.3) is 5.91 Å². The number of amides is 1. The number of nitrogens with one attached hydrogen (secondary N) is 1. The van der Waals surface area contributed by atoms with Crippen molar-refractivity contribution in [2.45, 2.75) is 27.7 Å². The Kier molecular flexibility index (Phi) is 4.63. The monoisotopic (exact) mass is 283 g/mol. The second-order valence-electron chi connectivity index (χ2n) is 5.32. The molecule has 1 amide bonds. The topological polar surface area (TPSA) is 38.3 Å². The first kappa shape index (κ1) is 15.1. The molecule has 2 aromatic rings. The number of ether oxygens (including phenoxy) is 1. The molecule has 0 unspecified atom stereocenters. The molecule has 2 aromatic carbocycles. The highest BCUT2D eigenvalue weighted by Crippen LogP contribution is 2.23. The molecule has 3 heteroatoms. The third-order valence-electron chi connectivity index (χ3n) is 3.50. The van der Waals surface area contributed by atoms with Crippen LogP contribution in [0.3, 0.4) is 0 Å². The Labute approximate surface area is 126 Å². The fourth-order valence-corrected chi connectivity index (χ4v) is 2.35. The number of hydrogen-bond acceptors (Lipinski definition) is 2. The van der Waals surface area contributed by atoms with Crippen LogP contribution in [0.25, 0.3) is 0 Å². The molecule has 0 aliphatic rings. The summed E-state index contributed by atoms with van der Waals surface area (Å²) >= 11 is 0. The molecule has 0 aromatic heterocycles. The number of benzene rings is 2. The zero-order chi connectivity index (χ0) is 15.4. The van der Waals surface area contributed by atoms with Crippen molar-refractivity contribution in [2.75, 3.05) is 11.9 Å². The molecule has 0 heterocycles. The van der Waals surface area contributed by atoms with E-state index in [1.54, 1.807) is 0 Å². The number of aryl methyl sites for hydroxylation is 4. The lowest BCUT2D eigenvalue weighted by Gasteiger charge is -2.14. The molecule has 0 spiro atoms.